The minimum atomic E-state index is -0.403. The first-order valence-electron chi connectivity index (χ1n) is 9.09. The van der Waals surface area contributed by atoms with Gasteiger partial charge in [0, 0.05) is 23.1 Å². The van der Waals surface area contributed by atoms with Crippen molar-refractivity contribution in [1.82, 2.24) is 0 Å². The molecule has 0 aliphatic rings. The highest BCUT2D eigenvalue weighted by molar-refractivity contribution is 5.84. The average Bonchev–Trinajstić information content (AvgIpc) is 2.68. The Bertz CT molecular complexity index is 989. The zero-order valence-corrected chi connectivity index (χ0v) is 16.2. The molecule has 3 aromatic carbocycles. The first-order valence-corrected chi connectivity index (χ1v) is 9.09. The summed E-state index contributed by atoms with van der Waals surface area (Å²) in [7, 11) is 0. The van der Waals surface area contributed by atoms with Crippen molar-refractivity contribution in [2.75, 3.05) is 4.90 Å². The predicted octanol–water partition coefficient (Wildman–Crippen LogP) is 5.96. The van der Waals surface area contributed by atoms with Crippen LogP contribution in [0.2, 0.25) is 0 Å². The van der Waals surface area contributed by atoms with E-state index in [1.165, 1.54) is 17.2 Å². The van der Waals surface area contributed by atoms with Crippen LogP contribution < -0.4 is 9.64 Å². The monoisotopic (exact) mass is 373 g/mol. The highest BCUT2D eigenvalue weighted by Gasteiger charge is 2.13. The van der Waals surface area contributed by atoms with Crippen molar-refractivity contribution in [3.63, 3.8) is 0 Å². The van der Waals surface area contributed by atoms with Crippen molar-refractivity contribution in [3.05, 3.63) is 90.0 Å². The topological polar surface area (TPSA) is 49.8 Å². The number of nitrogens with zero attached hydrogens (tertiary/aromatic N) is 1. The number of benzene rings is 3. The number of esters is 1. The van der Waals surface area contributed by atoms with Gasteiger partial charge in [0.2, 0.25) is 0 Å². The van der Waals surface area contributed by atoms with Crippen LogP contribution in [0.5, 0.6) is 11.5 Å². The van der Waals surface area contributed by atoms with Crippen molar-refractivity contribution in [2.45, 2.75) is 20.8 Å². The molecule has 4 nitrogen and oxygen atoms in total. The fourth-order valence-electron chi connectivity index (χ4n) is 2.86. The molecule has 0 radical (unpaired) electrons. The third-order valence-electron chi connectivity index (χ3n) is 4.47. The number of carbonyl (C=O) groups is 1. The van der Waals surface area contributed by atoms with Gasteiger partial charge in [-0.25, -0.2) is 4.79 Å². The quantitative estimate of drug-likeness (QED) is 0.340. The molecule has 4 heteroatoms. The Morgan fingerprint density at radius 3 is 2.00 bits per heavy atom. The Balaban J connectivity index is 2.00. The van der Waals surface area contributed by atoms with E-state index in [1.54, 1.807) is 37.3 Å². The van der Waals surface area contributed by atoms with Gasteiger partial charge in [-0.2, -0.15) is 0 Å². The van der Waals surface area contributed by atoms with Crippen LogP contribution in [0.3, 0.4) is 0 Å². The van der Waals surface area contributed by atoms with Gasteiger partial charge in [0.1, 0.15) is 11.5 Å². The second-order valence-corrected chi connectivity index (χ2v) is 6.54. The Hall–Kier alpha value is -3.53. The van der Waals surface area contributed by atoms with Gasteiger partial charge >= 0.3 is 5.97 Å². The Morgan fingerprint density at radius 1 is 0.857 bits per heavy atom. The highest BCUT2D eigenvalue weighted by Crippen LogP contribution is 2.36. The molecule has 0 heterocycles. The van der Waals surface area contributed by atoms with Gasteiger partial charge < -0.3 is 14.7 Å². The molecule has 0 fully saturated rings. The van der Waals surface area contributed by atoms with Crippen molar-refractivity contribution in [2.24, 2.45) is 0 Å². The maximum atomic E-state index is 11.6. The molecule has 0 saturated heterocycles. The van der Waals surface area contributed by atoms with E-state index in [4.69, 9.17) is 4.74 Å². The fourth-order valence-corrected chi connectivity index (χ4v) is 2.86. The van der Waals surface area contributed by atoms with Gasteiger partial charge in [0.25, 0.3) is 0 Å². The summed E-state index contributed by atoms with van der Waals surface area (Å²) in [4.78, 5) is 13.7. The number of aryl methyl sites for hydroxylation is 2. The van der Waals surface area contributed by atoms with Gasteiger partial charge in [-0.15, -0.1) is 0 Å². The summed E-state index contributed by atoms with van der Waals surface area (Å²) in [6, 6.07) is 20.7. The molecular weight excluding hydrogens is 350 g/mol. The van der Waals surface area contributed by atoms with Crippen molar-refractivity contribution < 1.29 is 14.6 Å². The SMILES string of the molecule is C/C=C/C(=O)Oc1ccc(N(c2ccc(O)cc2)c2ccc(C)c(C)c2)cc1. The van der Waals surface area contributed by atoms with E-state index in [9.17, 15) is 9.90 Å². The molecule has 0 aromatic heterocycles. The second kappa shape index (κ2) is 8.44. The van der Waals surface area contributed by atoms with E-state index in [-0.39, 0.29) is 5.75 Å². The lowest BCUT2D eigenvalue weighted by Crippen LogP contribution is -2.10. The molecule has 3 aromatic rings. The number of phenols is 1. The Morgan fingerprint density at radius 2 is 1.43 bits per heavy atom. The summed E-state index contributed by atoms with van der Waals surface area (Å²) in [5.41, 5.74) is 5.26. The molecular formula is C24H23NO3. The van der Waals surface area contributed by atoms with Crippen LogP contribution in [0.4, 0.5) is 17.1 Å². The highest BCUT2D eigenvalue weighted by atomic mass is 16.5. The molecule has 0 amide bonds. The van der Waals surface area contributed by atoms with Crippen LogP contribution in [-0.4, -0.2) is 11.1 Å². The number of hydrogen-bond donors (Lipinski definition) is 1. The fraction of sp³-hybridized carbons (Fsp3) is 0.125. The van der Waals surface area contributed by atoms with Crippen LogP contribution in [-0.2, 0) is 4.79 Å². The summed E-state index contributed by atoms with van der Waals surface area (Å²) in [6.45, 7) is 5.93. The van der Waals surface area contributed by atoms with Gasteiger partial charge in [-0.3, -0.25) is 0 Å². The number of phenolic OH excluding ortho intramolecular Hbond substituents is 1. The zero-order chi connectivity index (χ0) is 20.1. The predicted molar refractivity (Wildman–Crippen MR) is 113 cm³/mol. The first kappa shape index (κ1) is 19.2. The molecule has 0 atom stereocenters. The van der Waals surface area contributed by atoms with E-state index in [1.807, 2.05) is 24.3 Å². The molecule has 1 N–H and O–H groups in total. The zero-order valence-electron chi connectivity index (χ0n) is 16.2. The van der Waals surface area contributed by atoms with Gasteiger partial charge in [0.05, 0.1) is 0 Å². The third kappa shape index (κ3) is 4.41. The normalized spacial score (nSPS) is 10.8. The summed E-state index contributed by atoms with van der Waals surface area (Å²) in [5, 5.41) is 9.65. The molecule has 0 unspecified atom stereocenters. The van der Waals surface area contributed by atoms with E-state index in [0.717, 1.165) is 17.1 Å². The van der Waals surface area contributed by atoms with Crippen LogP contribution in [0.1, 0.15) is 18.1 Å². The van der Waals surface area contributed by atoms with E-state index in [2.05, 4.69) is 36.9 Å². The molecule has 0 aliphatic carbocycles. The molecule has 0 spiro atoms. The first-order chi connectivity index (χ1) is 13.5. The standard InChI is InChI=1S/C24H23NO3/c1-4-5-24(27)28-23-14-10-20(11-15-23)25(19-8-12-22(26)13-9-19)21-7-6-17(2)18(3)16-21/h4-16,26H,1-3H3/b5-4+. The number of aromatic hydroxyl groups is 1. The lowest BCUT2D eigenvalue weighted by Gasteiger charge is -2.26. The van der Waals surface area contributed by atoms with E-state index >= 15 is 0 Å². The van der Waals surface area contributed by atoms with Gasteiger partial charge in [0.15, 0.2) is 0 Å². The summed E-state index contributed by atoms with van der Waals surface area (Å²) < 4.78 is 5.27. The smallest absolute Gasteiger partial charge is 0.335 e. The van der Waals surface area contributed by atoms with Crippen LogP contribution in [0.15, 0.2) is 78.9 Å². The molecule has 3 rings (SSSR count). The number of rotatable bonds is 5. The van der Waals surface area contributed by atoms with Gasteiger partial charge in [-0.1, -0.05) is 12.1 Å². The second-order valence-electron chi connectivity index (χ2n) is 6.54. The molecule has 28 heavy (non-hydrogen) atoms. The van der Waals surface area contributed by atoms with Crippen molar-refractivity contribution in [3.8, 4) is 11.5 Å². The van der Waals surface area contributed by atoms with Crippen LogP contribution >= 0.6 is 0 Å². The summed E-state index contributed by atoms with van der Waals surface area (Å²) in [6.07, 6.45) is 3.02. The number of hydrogen-bond acceptors (Lipinski definition) is 4. The number of carbonyl (C=O) groups excluding carboxylic acids is 1. The average molecular weight is 373 g/mol. The molecule has 0 saturated carbocycles. The molecule has 0 aliphatic heterocycles. The van der Waals surface area contributed by atoms with Crippen molar-refractivity contribution >= 4 is 23.0 Å². The molecule has 0 bridgehead atoms. The van der Waals surface area contributed by atoms with Crippen molar-refractivity contribution in [1.29, 1.82) is 0 Å². The lowest BCUT2D eigenvalue weighted by atomic mass is 10.1. The largest absolute Gasteiger partial charge is 0.508 e. The Kier molecular flexibility index (Phi) is 5.80. The minimum absolute atomic E-state index is 0.218. The molecule has 142 valence electrons. The number of anilines is 3. The lowest BCUT2D eigenvalue weighted by molar-refractivity contribution is -0.129. The van der Waals surface area contributed by atoms with E-state index in [0.29, 0.717) is 5.75 Å². The number of ether oxygens (including phenoxy) is 1. The van der Waals surface area contributed by atoms with Gasteiger partial charge in [-0.05, 0) is 92.6 Å². The summed E-state index contributed by atoms with van der Waals surface area (Å²) in [5.74, 6) is 0.299. The van der Waals surface area contributed by atoms with Crippen LogP contribution in [0.25, 0.3) is 0 Å². The Labute approximate surface area is 165 Å². The maximum absolute atomic E-state index is 11.6. The number of allylic oxidation sites excluding steroid dienone is 1. The van der Waals surface area contributed by atoms with E-state index < -0.39 is 5.97 Å². The van der Waals surface area contributed by atoms with Crippen LogP contribution in [0, 0.1) is 13.8 Å². The minimum Gasteiger partial charge on any atom is -0.508 e. The maximum Gasteiger partial charge on any atom is 0.335 e. The third-order valence-corrected chi connectivity index (χ3v) is 4.47. The summed E-state index contributed by atoms with van der Waals surface area (Å²) >= 11 is 0.